The molecule has 0 amide bonds. The molecule has 29 heavy (non-hydrogen) atoms. The summed E-state index contributed by atoms with van der Waals surface area (Å²) in [7, 11) is 0. The minimum absolute atomic E-state index is 0.0501. The van der Waals surface area contributed by atoms with E-state index in [1.54, 1.807) is 12.4 Å². The second-order valence-electron chi connectivity index (χ2n) is 8.01. The highest BCUT2D eigenvalue weighted by molar-refractivity contribution is 5.94. The summed E-state index contributed by atoms with van der Waals surface area (Å²) < 4.78 is 42.0. The number of benzene rings is 1. The van der Waals surface area contributed by atoms with Crippen LogP contribution in [0.4, 0.5) is 24.5 Å². The molecule has 2 aliphatic heterocycles. The van der Waals surface area contributed by atoms with Crippen molar-refractivity contribution in [1.29, 1.82) is 0 Å². The fraction of sp³-hybridized carbons (Fsp3) is 0.455. The van der Waals surface area contributed by atoms with Crippen LogP contribution in [0.15, 0.2) is 41.7 Å². The van der Waals surface area contributed by atoms with Gasteiger partial charge in [-0.25, -0.2) is 18.2 Å². The molecule has 2 aliphatic rings. The van der Waals surface area contributed by atoms with E-state index in [2.05, 4.69) is 28.6 Å². The fourth-order valence-electron chi connectivity index (χ4n) is 4.18. The lowest BCUT2D eigenvalue weighted by molar-refractivity contribution is 0.152. The molecule has 0 bridgehead atoms. The van der Waals surface area contributed by atoms with E-state index in [1.807, 2.05) is 6.07 Å². The first-order valence-corrected chi connectivity index (χ1v) is 10.1. The maximum Gasteiger partial charge on any atom is 0.132 e. The van der Waals surface area contributed by atoms with Gasteiger partial charge >= 0.3 is 0 Å². The van der Waals surface area contributed by atoms with Crippen molar-refractivity contribution in [3.05, 3.63) is 53.9 Å². The summed E-state index contributed by atoms with van der Waals surface area (Å²) in [6.45, 7) is 6.31. The van der Waals surface area contributed by atoms with E-state index in [9.17, 15) is 13.2 Å². The first kappa shape index (κ1) is 19.7. The smallest absolute Gasteiger partial charge is 0.132 e. The standard InChI is InChI=1S/C22H25F3N4/c1-14(2)29-13-21(27-19-12-26-8-5-20(19)29)28-9-6-15(7-10-28)22(25)17-4-3-16(23)11-18(17)24/h3-5,8,11-12,14-15,22H,6-7,9-10,13H2,1-2H3. The van der Waals surface area contributed by atoms with Gasteiger partial charge in [-0.2, -0.15) is 0 Å². The number of anilines is 1. The number of halogens is 3. The predicted molar refractivity (Wildman–Crippen MR) is 108 cm³/mol. The van der Waals surface area contributed by atoms with Gasteiger partial charge in [0.15, 0.2) is 0 Å². The summed E-state index contributed by atoms with van der Waals surface area (Å²) in [5, 5.41) is 0. The van der Waals surface area contributed by atoms with E-state index >= 15 is 0 Å². The first-order valence-electron chi connectivity index (χ1n) is 10.1. The third-order valence-electron chi connectivity index (χ3n) is 5.85. The molecule has 1 aromatic heterocycles. The topological polar surface area (TPSA) is 31.7 Å². The number of amidine groups is 1. The Labute approximate surface area is 169 Å². The van der Waals surface area contributed by atoms with E-state index in [1.165, 1.54) is 6.07 Å². The van der Waals surface area contributed by atoms with Crippen LogP contribution in [0.2, 0.25) is 0 Å². The lowest BCUT2D eigenvalue weighted by Crippen LogP contribution is -2.47. The van der Waals surface area contributed by atoms with Crippen LogP contribution in [0, 0.1) is 17.6 Å². The lowest BCUT2D eigenvalue weighted by Gasteiger charge is -2.40. The average molecular weight is 402 g/mol. The van der Waals surface area contributed by atoms with Gasteiger partial charge in [-0.05, 0) is 44.7 Å². The fourth-order valence-corrected chi connectivity index (χ4v) is 4.18. The molecule has 0 N–H and O–H groups in total. The highest BCUT2D eigenvalue weighted by atomic mass is 19.1. The molecule has 1 unspecified atom stereocenters. The average Bonchev–Trinajstić information content (AvgIpc) is 2.72. The lowest BCUT2D eigenvalue weighted by atomic mass is 9.88. The molecule has 2 aromatic rings. The minimum Gasteiger partial charge on any atom is -0.360 e. The SMILES string of the molecule is CC(C)N1CC(N2CCC(C(F)c3ccc(F)cc3F)CC2)=Nc2cnccc21. The number of nitrogens with zero attached hydrogens (tertiary/aromatic N) is 4. The van der Waals surface area contributed by atoms with E-state index in [0.717, 1.165) is 29.3 Å². The summed E-state index contributed by atoms with van der Waals surface area (Å²) in [5.41, 5.74) is 1.87. The molecule has 0 radical (unpaired) electrons. The Bertz CT molecular complexity index is 907. The van der Waals surface area contributed by atoms with Crippen molar-refractivity contribution in [2.45, 2.75) is 38.9 Å². The van der Waals surface area contributed by atoms with Gasteiger partial charge in [0.1, 0.15) is 29.3 Å². The Hall–Kier alpha value is -2.57. The molecule has 1 saturated heterocycles. The Morgan fingerprint density at radius 3 is 2.55 bits per heavy atom. The zero-order valence-corrected chi connectivity index (χ0v) is 16.7. The number of aromatic nitrogens is 1. The number of fused-ring (bicyclic) bond motifs is 1. The Morgan fingerprint density at radius 1 is 1.10 bits per heavy atom. The molecule has 4 rings (SSSR count). The molecule has 1 fully saturated rings. The van der Waals surface area contributed by atoms with Crippen LogP contribution in [0.25, 0.3) is 0 Å². The number of pyridine rings is 1. The largest absolute Gasteiger partial charge is 0.360 e. The summed E-state index contributed by atoms with van der Waals surface area (Å²) in [6.07, 6.45) is 3.31. The van der Waals surface area contributed by atoms with Crippen molar-refractivity contribution in [2.75, 3.05) is 24.5 Å². The highest BCUT2D eigenvalue weighted by Crippen LogP contribution is 2.37. The molecule has 1 aromatic carbocycles. The minimum atomic E-state index is -1.43. The number of piperidine rings is 1. The highest BCUT2D eigenvalue weighted by Gasteiger charge is 2.32. The molecule has 3 heterocycles. The Balaban J connectivity index is 1.46. The molecule has 4 nitrogen and oxygen atoms in total. The van der Waals surface area contributed by atoms with Crippen LogP contribution in [0.1, 0.15) is 38.4 Å². The quantitative estimate of drug-likeness (QED) is 0.721. The summed E-state index contributed by atoms with van der Waals surface area (Å²) >= 11 is 0. The normalized spacial score (nSPS) is 18.6. The van der Waals surface area contributed by atoms with Crippen LogP contribution in [-0.4, -0.2) is 41.4 Å². The number of rotatable bonds is 3. The Morgan fingerprint density at radius 2 is 1.86 bits per heavy atom. The molecule has 0 saturated carbocycles. The van der Waals surface area contributed by atoms with E-state index in [-0.39, 0.29) is 11.5 Å². The molecular formula is C22H25F3N4. The zero-order valence-electron chi connectivity index (χ0n) is 16.7. The summed E-state index contributed by atoms with van der Waals surface area (Å²) in [4.78, 5) is 13.5. The number of aliphatic imine (C=N–C) groups is 1. The van der Waals surface area contributed by atoms with E-state index in [0.29, 0.717) is 38.5 Å². The number of hydrogen-bond acceptors (Lipinski definition) is 4. The molecule has 7 heteroatoms. The van der Waals surface area contributed by atoms with Crippen LogP contribution in [0.5, 0.6) is 0 Å². The second kappa shape index (κ2) is 8.05. The Kier molecular flexibility index (Phi) is 5.48. The van der Waals surface area contributed by atoms with Crippen molar-refractivity contribution in [3.8, 4) is 0 Å². The summed E-state index contributed by atoms with van der Waals surface area (Å²) in [5.74, 6) is -0.826. The van der Waals surface area contributed by atoms with Gasteiger partial charge in [0.05, 0.1) is 18.4 Å². The van der Waals surface area contributed by atoms with Crippen LogP contribution in [-0.2, 0) is 0 Å². The van der Waals surface area contributed by atoms with Gasteiger partial charge in [0.25, 0.3) is 0 Å². The van der Waals surface area contributed by atoms with Gasteiger partial charge in [0.2, 0.25) is 0 Å². The molecular weight excluding hydrogens is 377 g/mol. The summed E-state index contributed by atoms with van der Waals surface area (Å²) in [6, 6.07) is 5.38. The molecule has 154 valence electrons. The van der Waals surface area contributed by atoms with Gasteiger partial charge in [-0.1, -0.05) is 6.07 Å². The van der Waals surface area contributed by atoms with E-state index in [4.69, 9.17) is 4.99 Å². The van der Waals surface area contributed by atoms with Gasteiger partial charge < -0.3 is 9.80 Å². The number of hydrogen-bond donors (Lipinski definition) is 0. The van der Waals surface area contributed by atoms with Crippen molar-refractivity contribution in [1.82, 2.24) is 9.88 Å². The number of alkyl halides is 1. The number of likely N-dealkylation sites (tertiary alicyclic amines) is 1. The monoisotopic (exact) mass is 402 g/mol. The van der Waals surface area contributed by atoms with Crippen molar-refractivity contribution >= 4 is 17.2 Å². The third kappa shape index (κ3) is 3.95. The molecule has 0 aliphatic carbocycles. The maximum absolute atomic E-state index is 14.9. The van der Waals surface area contributed by atoms with E-state index < -0.39 is 17.8 Å². The zero-order chi connectivity index (χ0) is 20.5. The molecule has 0 spiro atoms. The van der Waals surface area contributed by atoms with Crippen molar-refractivity contribution in [3.63, 3.8) is 0 Å². The van der Waals surface area contributed by atoms with Gasteiger partial charge in [-0.3, -0.25) is 4.98 Å². The predicted octanol–water partition coefficient (Wildman–Crippen LogP) is 5.04. The van der Waals surface area contributed by atoms with Crippen LogP contribution in [0.3, 0.4) is 0 Å². The second-order valence-corrected chi connectivity index (χ2v) is 8.01. The van der Waals surface area contributed by atoms with Crippen LogP contribution < -0.4 is 4.90 Å². The van der Waals surface area contributed by atoms with Crippen molar-refractivity contribution in [2.24, 2.45) is 10.9 Å². The van der Waals surface area contributed by atoms with Crippen molar-refractivity contribution < 1.29 is 13.2 Å². The first-order chi connectivity index (χ1) is 13.9. The third-order valence-corrected chi connectivity index (χ3v) is 5.85. The van der Waals surface area contributed by atoms with Crippen LogP contribution >= 0.6 is 0 Å². The maximum atomic E-state index is 14.9. The molecule has 1 atom stereocenters. The van der Waals surface area contributed by atoms with Gasteiger partial charge in [0, 0.05) is 37.0 Å². The van der Waals surface area contributed by atoms with Gasteiger partial charge in [-0.15, -0.1) is 0 Å².